The Balaban J connectivity index is 3.71. The molecular weight excluding hydrogens is 246 g/mol. The van der Waals surface area contributed by atoms with Crippen LogP contribution in [-0.4, -0.2) is 25.8 Å². The first-order valence-corrected chi connectivity index (χ1v) is 6.78. The summed E-state index contributed by atoms with van der Waals surface area (Å²) in [5.74, 6) is -0.719. The van der Waals surface area contributed by atoms with E-state index in [4.69, 9.17) is 14.9 Å². The molecule has 5 nitrogen and oxygen atoms in total. The lowest BCUT2D eigenvalue weighted by Crippen LogP contribution is -2.09. The minimum absolute atomic E-state index is 0.00256. The summed E-state index contributed by atoms with van der Waals surface area (Å²) in [6.07, 6.45) is 5.84. The Morgan fingerprint density at radius 2 is 1.95 bits per heavy atom. The van der Waals surface area contributed by atoms with Crippen molar-refractivity contribution in [2.75, 3.05) is 19.8 Å². The van der Waals surface area contributed by atoms with E-state index in [0.29, 0.717) is 26.2 Å². The fourth-order valence-corrected chi connectivity index (χ4v) is 1.27. The third-order valence-electron chi connectivity index (χ3n) is 2.35. The van der Waals surface area contributed by atoms with Gasteiger partial charge in [-0.15, -0.1) is 0 Å². The predicted octanol–water partition coefficient (Wildman–Crippen LogP) is 2.92. The van der Waals surface area contributed by atoms with Crippen LogP contribution in [-0.2, 0) is 19.3 Å². The number of unbranched alkanes of at least 4 members (excludes halogenated alkanes) is 3. The number of nitrogens with zero attached hydrogens (tertiary/aromatic N) is 1. The van der Waals surface area contributed by atoms with Crippen LogP contribution in [0.4, 0.5) is 0 Å². The molecule has 0 aliphatic carbocycles. The first-order valence-electron chi connectivity index (χ1n) is 6.78. The second-order valence-corrected chi connectivity index (χ2v) is 3.97. The smallest absolute Gasteiger partial charge is 0.382 e. The van der Waals surface area contributed by atoms with Crippen LogP contribution in [0, 0.1) is 11.3 Å². The average Bonchev–Trinajstić information content (AvgIpc) is 2.42. The third kappa shape index (κ3) is 10.2. The quantitative estimate of drug-likeness (QED) is 0.190. The molecule has 19 heavy (non-hydrogen) atoms. The molecule has 0 rings (SSSR count). The molecule has 0 atom stereocenters. The lowest BCUT2D eigenvalue weighted by molar-refractivity contribution is -0.268. The zero-order valence-corrected chi connectivity index (χ0v) is 11.8. The predicted molar refractivity (Wildman–Crippen MR) is 71.0 cm³/mol. The summed E-state index contributed by atoms with van der Waals surface area (Å²) in [6, 6.07) is 1.82. The number of allylic oxidation sites excluding steroid dienone is 1. The molecule has 0 heterocycles. The van der Waals surface area contributed by atoms with E-state index in [1.54, 1.807) is 6.08 Å². The van der Waals surface area contributed by atoms with Crippen molar-refractivity contribution in [1.29, 1.82) is 5.26 Å². The first-order chi connectivity index (χ1) is 9.26. The van der Waals surface area contributed by atoms with Crippen molar-refractivity contribution in [2.24, 2.45) is 0 Å². The number of ether oxygens (including phenoxy) is 1. The van der Waals surface area contributed by atoms with Gasteiger partial charge < -0.3 is 4.74 Å². The van der Waals surface area contributed by atoms with E-state index >= 15 is 0 Å². The van der Waals surface area contributed by atoms with Gasteiger partial charge in [0.25, 0.3) is 0 Å². The Kier molecular flexibility index (Phi) is 12.1. The third-order valence-corrected chi connectivity index (χ3v) is 2.35. The minimum atomic E-state index is -0.719. The van der Waals surface area contributed by atoms with Crippen molar-refractivity contribution >= 4 is 5.97 Å². The topological polar surface area (TPSA) is 68.6 Å². The maximum Gasteiger partial charge on any atom is 0.383 e. The van der Waals surface area contributed by atoms with Crippen LogP contribution in [0.15, 0.2) is 11.6 Å². The fraction of sp³-hybridized carbons (Fsp3) is 0.714. The van der Waals surface area contributed by atoms with E-state index in [0.717, 1.165) is 25.7 Å². The molecule has 0 aromatic rings. The average molecular weight is 269 g/mol. The van der Waals surface area contributed by atoms with Crippen molar-refractivity contribution < 1.29 is 19.3 Å². The van der Waals surface area contributed by atoms with E-state index < -0.39 is 5.97 Å². The molecule has 0 aliphatic heterocycles. The summed E-state index contributed by atoms with van der Waals surface area (Å²) in [4.78, 5) is 20.8. The summed E-state index contributed by atoms with van der Waals surface area (Å²) in [6.45, 7) is 5.67. The number of carbonyl (C=O) groups is 1. The maximum atomic E-state index is 11.4. The standard InChI is InChI=1S/C14H23NO4/c1-3-5-6-9-13(12-15)14(16)19-18-11-8-7-10-17-4-2/h9H,3-8,10-11H2,1-2H3. The van der Waals surface area contributed by atoms with Crippen LogP contribution in [0.5, 0.6) is 0 Å². The fourth-order valence-electron chi connectivity index (χ4n) is 1.27. The molecule has 0 aliphatic rings. The van der Waals surface area contributed by atoms with Gasteiger partial charge in [-0.05, 0) is 26.2 Å². The van der Waals surface area contributed by atoms with E-state index in [1.165, 1.54) is 0 Å². The Bertz CT molecular complexity index is 307. The normalized spacial score (nSPS) is 11.1. The molecule has 0 N–H and O–H groups in total. The van der Waals surface area contributed by atoms with Gasteiger partial charge in [-0.25, -0.2) is 4.79 Å². The Morgan fingerprint density at radius 3 is 2.58 bits per heavy atom. The summed E-state index contributed by atoms with van der Waals surface area (Å²) >= 11 is 0. The molecule has 0 saturated carbocycles. The summed E-state index contributed by atoms with van der Waals surface area (Å²) in [7, 11) is 0. The van der Waals surface area contributed by atoms with Crippen molar-refractivity contribution in [3.63, 3.8) is 0 Å². The molecule has 0 bridgehead atoms. The molecule has 5 heteroatoms. The number of hydrogen-bond donors (Lipinski definition) is 0. The van der Waals surface area contributed by atoms with Crippen molar-refractivity contribution in [3.05, 3.63) is 11.6 Å². The molecule has 0 radical (unpaired) electrons. The Hall–Kier alpha value is -1.38. The van der Waals surface area contributed by atoms with E-state index in [1.807, 2.05) is 19.9 Å². The van der Waals surface area contributed by atoms with E-state index in [9.17, 15) is 4.79 Å². The molecule has 0 unspecified atom stereocenters. The van der Waals surface area contributed by atoms with Crippen LogP contribution in [0.2, 0.25) is 0 Å². The largest absolute Gasteiger partial charge is 0.383 e. The zero-order chi connectivity index (χ0) is 14.3. The van der Waals surface area contributed by atoms with E-state index in [-0.39, 0.29) is 5.57 Å². The highest BCUT2D eigenvalue weighted by molar-refractivity contribution is 5.92. The second kappa shape index (κ2) is 13.1. The van der Waals surface area contributed by atoms with Crippen molar-refractivity contribution in [3.8, 4) is 6.07 Å². The second-order valence-electron chi connectivity index (χ2n) is 3.97. The van der Waals surface area contributed by atoms with Crippen molar-refractivity contribution in [1.82, 2.24) is 0 Å². The van der Waals surface area contributed by atoms with Crippen LogP contribution >= 0.6 is 0 Å². The van der Waals surface area contributed by atoms with Gasteiger partial charge in [0, 0.05) is 13.2 Å². The highest BCUT2D eigenvalue weighted by atomic mass is 17.2. The van der Waals surface area contributed by atoms with Gasteiger partial charge >= 0.3 is 5.97 Å². The van der Waals surface area contributed by atoms with Crippen LogP contribution in [0.3, 0.4) is 0 Å². The first kappa shape index (κ1) is 17.6. The van der Waals surface area contributed by atoms with Gasteiger partial charge in [0.05, 0.1) is 6.61 Å². The van der Waals surface area contributed by atoms with Gasteiger partial charge in [-0.2, -0.15) is 10.1 Å². The molecule has 0 fully saturated rings. The van der Waals surface area contributed by atoms with Gasteiger partial charge in [0.15, 0.2) is 0 Å². The summed E-state index contributed by atoms with van der Waals surface area (Å²) in [5, 5.41) is 8.80. The van der Waals surface area contributed by atoms with Gasteiger partial charge in [0.1, 0.15) is 11.6 Å². The number of nitriles is 1. The maximum absolute atomic E-state index is 11.4. The molecule has 0 saturated heterocycles. The van der Waals surface area contributed by atoms with Gasteiger partial charge in [0.2, 0.25) is 0 Å². The summed E-state index contributed by atoms with van der Waals surface area (Å²) in [5.41, 5.74) is 0.00256. The number of carbonyl (C=O) groups excluding carboxylic acids is 1. The lowest BCUT2D eigenvalue weighted by atomic mass is 10.2. The highest BCUT2D eigenvalue weighted by Crippen LogP contribution is 2.03. The minimum Gasteiger partial charge on any atom is -0.382 e. The van der Waals surface area contributed by atoms with Crippen LogP contribution in [0.25, 0.3) is 0 Å². The molecule has 0 spiro atoms. The monoisotopic (exact) mass is 269 g/mol. The number of hydrogen-bond acceptors (Lipinski definition) is 5. The van der Waals surface area contributed by atoms with E-state index in [2.05, 4.69) is 4.89 Å². The van der Waals surface area contributed by atoms with Crippen LogP contribution < -0.4 is 0 Å². The summed E-state index contributed by atoms with van der Waals surface area (Å²) < 4.78 is 5.16. The molecule has 108 valence electrons. The SMILES string of the molecule is CCCCC=C(C#N)C(=O)OOCCCCOCC. The van der Waals surface area contributed by atoms with Gasteiger partial charge in [-0.3, -0.25) is 4.89 Å². The molecule has 0 aromatic carbocycles. The zero-order valence-electron chi connectivity index (χ0n) is 11.8. The lowest BCUT2D eigenvalue weighted by Gasteiger charge is -2.03. The molecule has 0 amide bonds. The Labute approximate surface area is 115 Å². The number of rotatable bonds is 11. The Morgan fingerprint density at radius 1 is 1.21 bits per heavy atom. The molecule has 0 aromatic heterocycles. The highest BCUT2D eigenvalue weighted by Gasteiger charge is 2.11. The van der Waals surface area contributed by atoms with Crippen molar-refractivity contribution in [2.45, 2.75) is 46.0 Å². The molecular formula is C14H23NO4. The van der Waals surface area contributed by atoms with Crippen LogP contribution in [0.1, 0.15) is 46.0 Å². The van der Waals surface area contributed by atoms with Gasteiger partial charge in [-0.1, -0.05) is 25.8 Å².